The standard InChI is InChI=1S/C25H37N5O2/c1-27-13-4-14-28(16-15-27)20-7-9-21(10-8-20)29-17-18-30(25(29)31)22-11-12-24(26-19-22)32-23-5-2-3-6-23/h11-12,17-21,23H,2-10,13-16H2,1H3/t20-,21+. The lowest BCUT2D eigenvalue weighted by atomic mass is 9.90. The molecule has 0 amide bonds. The molecular formula is C25H37N5O2. The van der Waals surface area contributed by atoms with Crippen LogP contribution in [0, 0.1) is 0 Å². The maximum atomic E-state index is 13.1. The Kier molecular flexibility index (Phi) is 6.64. The molecule has 2 aromatic heterocycles. The lowest BCUT2D eigenvalue weighted by molar-refractivity contribution is 0.141. The molecule has 32 heavy (non-hydrogen) atoms. The summed E-state index contributed by atoms with van der Waals surface area (Å²) in [7, 11) is 2.23. The summed E-state index contributed by atoms with van der Waals surface area (Å²) in [5.74, 6) is 0.658. The lowest BCUT2D eigenvalue weighted by Gasteiger charge is -2.36. The van der Waals surface area contributed by atoms with E-state index in [0.717, 1.165) is 31.4 Å². The number of aromatic nitrogens is 3. The zero-order chi connectivity index (χ0) is 21.9. The molecule has 3 aliphatic rings. The number of nitrogens with zero attached hydrogens (tertiary/aromatic N) is 5. The number of hydrogen-bond donors (Lipinski definition) is 0. The smallest absolute Gasteiger partial charge is 0.333 e. The fourth-order valence-corrected chi connectivity index (χ4v) is 5.76. The van der Waals surface area contributed by atoms with E-state index in [0.29, 0.717) is 24.1 Å². The van der Waals surface area contributed by atoms with Gasteiger partial charge in [-0.25, -0.2) is 9.78 Å². The molecule has 174 valence electrons. The maximum absolute atomic E-state index is 13.1. The predicted molar refractivity (Wildman–Crippen MR) is 126 cm³/mol. The Hall–Kier alpha value is -2.12. The zero-order valence-electron chi connectivity index (χ0n) is 19.4. The minimum Gasteiger partial charge on any atom is -0.474 e. The van der Waals surface area contributed by atoms with E-state index >= 15 is 0 Å². The number of rotatable bonds is 5. The lowest BCUT2D eigenvalue weighted by Crippen LogP contribution is -2.41. The van der Waals surface area contributed by atoms with Gasteiger partial charge in [-0.1, -0.05) is 0 Å². The third-order valence-electron chi connectivity index (χ3n) is 7.72. The van der Waals surface area contributed by atoms with Crippen LogP contribution in [0.5, 0.6) is 5.88 Å². The first-order valence-electron chi connectivity index (χ1n) is 12.5. The average molecular weight is 440 g/mol. The summed E-state index contributed by atoms with van der Waals surface area (Å²) in [4.78, 5) is 22.7. The highest BCUT2D eigenvalue weighted by molar-refractivity contribution is 5.31. The minimum atomic E-state index is 0.0381. The Morgan fingerprint density at radius 3 is 2.41 bits per heavy atom. The van der Waals surface area contributed by atoms with Crippen molar-refractivity contribution in [2.24, 2.45) is 0 Å². The van der Waals surface area contributed by atoms with Crippen LogP contribution in [0.2, 0.25) is 0 Å². The molecule has 2 aromatic rings. The molecule has 1 saturated heterocycles. The Morgan fingerprint density at radius 1 is 0.875 bits per heavy atom. The number of ether oxygens (including phenoxy) is 1. The molecule has 0 atom stereocenters. The van der Waals surface area contributed by atoms with E-state index in [1.165, 1.54) is 58.3 Å². The van der Waals surface area contributed by atoms with Crippen molar-refractivity contribution in [1.29, 1.82) is 0 Å². The van der Waals surface area contributed by atoms with Gasteiger partial charge in [0.15, 0.2) is 0 Å². The SMILES string of the molecule is CN1CCCN([C@H]2CC[C@@H](n3ccn(-c4ccc(OC5CCCC5)nc4)c3=O)CC2)CC1. The number of pyridine rings is 1. The largest absolute Gasteiger partial charge is 0.474 e. The van der Waals surface area contributed by atoms with Gasteiger partial charge in [-0.3, -0.25) is 14.0 Å². The van der Waals surface area contributed by atoms with Crippen LogP contribution in [0.25, 0.3) is 5.69 Å². The van der Waals surface area contributed by atoms with Crippen LogP contribution in [-0.4, -0.2) is 69.3 Å². The van der Waals surface area contributed by atoms with Crippen molar-refractivity contribution in [1.82, 2.24) is 23.9 Å². The zero-order valence-corrected chi connectivity index (χ0v) is 19.4. The quantitative estimate of drug-likeness (QED) is 0.714. The van der Waals surface area contributed by atoms with Gasteiger partial charge in [-0.05, 0) is 84.0 Å². The monoisotopic (exact) mass is 439 g/mol. The summed E-state index contributed by atoms with van der Waals surface area (Å²) in [5, 5.41) is 0. The summed E-state index contributed by atoms with van der Waals surface area (Å²) >= 11 is 0. The van der Waals surface area contributed by atoms with E-state index in [1.54, 1.807) is 10.8 Å². The molecule has 7 heteroatoms. The van der Waals surface area contributed by atoms with Gasteiger partial charge in [0.2, 0.25) is 5.88 Å². The molecule has 0 radical (unpaired) electrons. The van der Waals surface area contributed by atoms with Crippen LogP contribution in [0.4, 0.5) is 0 Å². The third-order valence-corrected chi connectivity index (χ3v) is 7.72. The molecule has 3 fully saturated rings. The van der Waals surface area contributed by atoms with E-state index in [9.17, 15) is 4.79 Å². The van der Waals surface area contributed by atoms with Crippen LogP contribution in [-0.2, 0) is 0 Å². The van der Waals surface area contributed by atoms with E-state index in [4.69, 9.17) is 4.74 Å². The highest BCUT2D eigenvalue weighted by atomic mass is 16.5. The van der Waals surface area contributed by atoms with Gasteiger partial charge in [0.1, 0.15) is 6.10 Å². The van der Waals surface area contributed by atoms with E-state index in [2.05, 4.69) is 21.8 Å². The van der Waals surface area contributed by atoms with Crippen molar-refractivity contribution in [2.75, 3.05) is 33.2 Å². The normalized spacial score (nSPS) is 26.3. The molecule has 2 aliphatic carbocycles. The Balaban J connectivity index is 1.20. The highest BCUT2D eigenvalue weighted by Gasteiger charge is 2.28. The van der Waals surface area contributed by atoms with Crippen LogP contribution in [0.3, 0.4) is 0 Å². The number of likely N-dealkylation sites (N-methyl/N-ethyl adjacent to an activating group) is 1. The Morgan fingerprint density at radius 2 is 1.66 bits per heavy atom. The summed E-state index contributed by atoms with van der Waals surface area (Å²) in [6, 6.07) is 4.80. The van der Waals surface area contributed by atoms with Crippen LogP contribution >= 0.6 is 0 Å². The molecule has 0 unspecified atom stereocenters. The topological polar surface area (TPSA) is 55.5 Å². The van der Waals surface area contributed by atoms with Gasteiger partial charge >= 0.3 is 5.69 Å². The minimum absolute atomic E-state index is 0.0381. The predicted octanol–water partition coefficient (Wildman–Crippen LogP) is 3.48. The van der Waals surface area contributed by atoms with Crippen molar-refractivity contribution in [2.45, 2.75) is 76.0 Å². The fraction of sp³-hybridized carbons (Fsp3) is 0.680. The second kappa shape index (κ2) is 9.79. The molecule has 0 aromatic carbocycles. The average Bonchev–Trinajstić information content (AvgIpc) is 3.41. The highest BCUT2D eigenvalue weighted by Crippen LogP contribution is 2.31. The molecule has 0 spiro atoms. The van der Waals surface area contributed by atoms with E-state index in [1.807, 2.05) is 29.1 Å². The summed E-state index contributed by atoms with van der Waals surface area (Å²) in [5.41, 5.74) is 0.839. The van der Waals surface area contributed by atoms with Gasteiger partial charge in [0.25, 0.3) is 0 Å². The molecule has 3 heterocycles. The summed E-state index contributed by atoms with van der Waals surface area (Å²) < 4.78 is 9.61. The van der Waals surface area contributed by atoms with Gasteiger partial charge in [0.05, 0.1) is 11.9 Å². The second-order valence-electron chi connectivity index (χ2n) is 9.89. The molecule has 0 bridgehead atoms. The number of hydrogen-bond acceptors (Lipinski definition) is 5. The molecular weight excluding hydrogens is 402 g/mol. The van der Waals surface area contributed by atoms with Crippen molar-refractivity contribution in [3.8, 4) is 11.6 Å². The second-order valence-corrected chi connectivity index (χ2v) is 9.89. The van der Waals surface area contributed by atoms with Crippen molar-refractivity contribution >= 4 is 0 Å². The third kappa shape index (κ3) is 4.79. The van der Waals surface area contributed by atoms with Crippen LogP contribution < -0.4 is 10.4 Å². The van der Waals surface area contributed by atoms with Crippen molar-refractivity contribution < 1.29 is 4.74 Å². The first kappa shape index (κ1) is 21.7. The van der Waals surface area contributed by atoms with Crippen LogP contribution in [0.1, 0.15) is 63.8 Å². The van der Waals surface area contributed by atoms with Gasteiger partial charge in [-0.2, -0.15) is 0 Å². The van der Waals surface area contributed by atoms with Gasteiger partial charge in [-0.15, -0.1) is 0 Å². The Bertz CT molecular complexity index is 923. The molecule has 5 rings (SSSR count). The van der Waals surface area contributed by atoms with E-state index < -0.39 is 0 Å². The molecule has 2 saturated carbocycles. The summed E-state index contributed by atoms with van der Waals surface area (Å²) in [6.07, 6.45) is 16.4. The molecule has 7 nitrogen and oxygen atoms in total. The molecule has 1 aliphatic heterocycles. The van der Waals surface area contributed by atoms with Gasteiger partial charge in [0, 0.05) is 43.6 Å². The summed E-state index contributed by atoms with van der Waals surface area (Å²) in [6.45, 7) is 4.76. The van der Waals surface area contributed by atoms with Gasteiger partial charge < -0.3 is 9.64 Å². The van der Waals surface area contributed by atoms with Crippen molar-refractivity contribution in [3.63, 3.8) is 0 Å². The fourth-order valence-electron chi connectivity index (χ4n) is 5.76. The number of imidazole rings is 1. The van der Waals surface area contributed by atoms with Crippen LogP contribution in [0.15, 0.2) is 35.5 Å². The first-order chi connectivity index (χ1) is 15.7. The maximum Gasteiger partial charge on any atom is 0.333 e. The van der Waals surface area contributed by atoms with E-state index in [-0.39, 0.29) is 5.69 Å². The Labute approximate surface area is 191 Å². The van der Waals surface area contributed by atoms with Crippen molar-refractivity contribution in [3.05, 3.63) is 41.2 Å². The molecule has 0 N–H and O–H groups in total. The first-order valence-corrected chi connectivity index (χ1v) is 12.5.